The van der Waals surface area contributed by atoms with E-state index in [0.717, 1.165) is 0 Å². The van der Waals surface area contributed by atoms with Crippen molar-refractivity contribution < 1.29 is 12.4 Å². The normalized spacial score (nSPS) is 11.5. The van der Waals surface area contributed by atoms with E-state index in [1.165, 1.54) is 132 Å². The molecule has 0 aromatic heterocycles. The van der Waals surface area contributed by atoms with Gasteiger partial charge in [0.15, 0.2) is 0 Å². The summed E-state index contributed by atoms with van der Waals surface area (Å²) in [4.78, 5) is 0. The average Bonchev–Trinajstić information content (AvgIpc) is 2.74. The van der Waals surface area contributed by atoms with Crippen molar-refractivity contribution in [3.05, 3.63) is 29.8 Å². The fourth-order valence-corrected chi connectivity index (χ4v) is 5.05. The van der Waals surface area contributed by atoms with Gasteiger partial charge in [0.25, 0.3) is 0 Å². The van der Waals surface area contributed by atoms with E-state index < -0.39 is 0 Å². The highest BCUT2D eigenvalue weighted by Gasteiger charge is 2.27. The van der Waals surface area contributed by atoms with Gasteiger partial charge in [0.05, 0.1) is 19.6 Å². The van der Waals surface area contributed by atoms with Crippen molar-refractivity contribution >= 4 is 5.69 Å². The molecule has 1 nitrogen and oxygen atoms in total. The zero-order valence-electron chi connectivity index (χ0n) is 21.6. The molecule has 182 valence electrons. The van der Waals surface area contributed by atoms with Crippen LogP contribution in [0.25, 0.3) is 0 Å². The first kappa shape index (κ1) is 30.5. The Bertz CT molecular complexity index is 490. The molecule has 0 aliphatic heterocycles. The molecule has 0 aliphatic rings. The van der Waals surface area contributed by atoms with E-state index >= 15 is 0 Å². The van der Waals surface area contributed by atoms with Crippen LogP contribution in [0.5, 0.6) is 0 Å². The second kappa shape index (κ2) is 20.1. The summed E-state index contributed by atoms with van der Waals surface area (Å²) in [6.07, 6.45) is 22.7. The van der Waals surface area contributed by atoms with Gasteiger partial charge in [-0.25, -0.2) is 0 Å². The summed E-state index contributed by atoms with van der Waals surface area (Å²) in [5, 5.41) is 0. The molecule has 0 atom stereocenters. The quantitative estimate of drug-likeness (QED) is 0.154. The van der Waals surface area contributed by atoms with Crippen LogP contribution in [-0.4, -0.2) is 19.6 Å². The third kappa shape index (κ3) is 13.6. The first-order chi connectivity index (χ1) is 14.7. The lowest BCUT2D eigenvalue weighted by atomic mass is 10.0. The minimum atomic E-state index is 0. The third-order valence-corrected chi connectivity index (χ3v) is 6.82. The molecule has 1 aromatic rings. The van der Waals surface area contributed by atoms with E-state index in [-0.39, 0.29) is 12.4 Å². The number of benzene rings is 1. The average molecular weight is 452 g/mol. The SMILES string of the molecule is CCCCCCCCCCCCCCCC[N+](CCC)(CCC)c1ccc(C)cc1.[Cl-]. The predicted molar refractivity (Wildman–Crippen MR) is 138 cm³/mol. The highest BCUT2D eigenvalue weighted by atomic mass is 35.5. The van der Waals surface area contributed by atoms with Crippen LogP contribution in [0.2, 0.25) is 0 Å². The molecule has 1 rings (SSSR count). The van der Waals surface area contributed by atoms with Crippen LogP contribution < -0.4 is 16.9 Å². The molecule has 1 aromatic carbocycles. The lowest BCUT2D eigenvalue weighted by Gasteiger charge is -2.38. The summed E-state index contributed by atoms with van der Waals surface area (Å²) in [5.41, 5.74) is 2.92. The van der Waals surface area contributed by atoms with Crippen LogP contribution in [0, 0.1) is 6.92 Å². The first-order valence-corrected chi connectivity index (χ1v) is 13.6. The largest absolute Gasteiger partial charge is 1.00 e. The lowest BCUT2D eigenvalue weighted by molar-refractivity contribution is -0.00000672. The zero-order valence-corrected chi connectivity index (χ0v) is 22.3. The van der Waals surface area contributed by atoms with E-state index in [9.17, 15) is 0 Å². The number of hydrogen-bond acceptors (Lipinski definition) is 0. The predicted octanol–water partition coefficient (Wildman–Crippen LogP) is 6.61. The topological polar surface area (TPSA) is 0 Å². The smallest absolute Gasteiger partial charge is 0.132 e. The van der Waals surface area contributed by atoms with Crippen molar-refractivity contribution in [3.8, 4) is 0 Å². The molecular weight excluding hydrogens is 398 g/mol. The number of aryl methyl sites for hydroxylation is 1. The Balaban J connectivity index is 0.00000900. The van der Waals surface area contributed by atoms with Crippen molar-refractivity contribution in [1.29, 1.82) is 0 Å². The van der Waals surface area contributed by atoms with Crippen molar-refractivity contribution in [2.75, 3.05) is 19.6 Å². The molecule has 0 N–H and O–H groups in total. The summed E-state index contributed by atoms with van der Waals surface area (Å²) < 4.78 is 1.20. The second-order valence-electron chi connectivity index (χ2n) is 9.75. The molecule has 0 amide bonds. The molecule has 31 heavy (non-hydrogen) atoms. The van der Waals surface area contributed by atoms with Gasteiger partial charge < -0.3 is 12.4 Å². The molecular formula is C29H54ClN. The van der Waals surface area contributed by atoms with Gasteiger partial charge in [-0.15, -0.1) is 0 Å². The molecule has 0 fully saturated rings. The fourth-order valence-electron chi connectivity index (χ4n) is 5.05. The van der Waals surface area contributed by atoms with E-state index in [2.05, 4.69) is 52.0 Å². The van der Waals surface area contributed by atoms with Crippen LogP contribution in [0.3, 0.4) is 0 Å². The Labute approximate surface area is 202 Å². The number of rotatable bonds is 20. The molecule has 0 saturated carbocycles. The number of nitrogens with zero attached hydrogens (tertiary/aromatic N) is 1. The molecule has 2 heteroatoms. The minimum absolute atomic E-state index is 0. The Kier molecular flexibility index (Phi) is 19.8. The van der Waals surface area contributed by atoms with Gasteiger partial charge in [-0.3, -0.25) is 4.48 Å². The van der Waals surface area contributed by atoms with Crippen molar-refractivity contribution in [1.82, 2.24) is 4.48 Å². The van der Waals surface area contributed by atoms with E-state index in [0.29, 0.717) is 0 Å². The van der Waals surface area contributed by atoms with Gasteiger partial charge >= 0.3 is 0 Å². The third-order valence-electron chi connectivity index (χ3n) is 6.82. The van der Waals surface area contributed by atoms with Crippen LogP contribution in [0.1, 0.15) is 129 Å². The summed E-state index contributed by atoms with van der Waals surface area (Å²) in [6.45, 7) is 13.1. The number of hydrogen-bond donors (Lipinski definition) is 0. The van der Waals surface area contributed by atoms with Gasteiger partial charge in [0.2, 0.25) is 0 Å². The van der Waals surface area contributed by atoms with Gasteiger partial charge in [0, 0.05) is 0 Å². The second-order valence-corrected chi connectivity index (χ2v) is 9.75. The van der Waals surface area contributed by atoms with Crippen LogP contribution in [0.15, 0.2) is 24.3 Å². The number of halogens is 1. The fraction of sp³-hybridized carbons (Fsp3) is 0.793. The van der Waals surface area contributed by atoms with Crippen molar-refractivity contribution in [3.63, 3.8) is 0 Å². The highest BCUT2D eigenvalue weighted by Crippen LogP contribution is 2.26. The number of unbranched alkanes of at least 4 members (excludes halogenated alkanes) is 13. The van der Waals surface area contributed by atoms with Crippen LogP contribution in [0.4, 0.5) is 5.69 Å². The van der Waals surface area contributed by atoms with Gasteiger partial charge in [-0.1, -0.05) is 116 Å². The molecule has 0 aliphatic carbocycles. The molecule has 0 spiro atoms. The van der Waals surface area contributed by atoms with Gasteiger partial charge in [-0.05, 0) is 44.7 Å². The maximum atomic E-state index is 2.39. The Morgan fingerprint density at radius 1 is 0.484 bits per heavy atom. The summed E-state index contributed by atoms with van der Waals surface area (Å²) in [6, 6.07) is 9.40. The van der Waals surface area contributed by atoms with E-state index in [1.807, 2.05) is 0 Å². The van der Waals surface area contributed by atoms with Gasteiger partial charge in [-0.2, -0.15) is 0 Å². The Hall–Kier alpha value is -0.530. The Morgan fingerprint density at radius 2 is 0.871 bits per heavy atom. The van der Waals surface area contributed by atoms with E-state index in [4.69, 9.17) is 0 Å². The Morgan fingerprint density at radius 3 is 1.26 bits per heavy atom. The van der Waals surface area contributed by atoms with Crippen LogP contribution in [-0.2, 0) is 0 Å². The standard InChI is InChI=1S/C29H54N.ClH/c1-5-8-9-10-11-12-13-14-15-16-17-18-19-20-27-30(25-6-2,26-7-3)29-23-21-28(4)22-24-29;/h21-24H,5-20,25-27H2,1-4H3;1H/q+1;/p-1. The summed E-state index contributed by atoms with van der Waals surface area (Å²) in [5.74, 6) is 0. The zero-order chi connectivity index (χ0) is 21.9. The first-order valence-electron chi connectivity index (χ1n) is 13.6. The molecule has 0 saturated heterocycles. The molecule has 0 heterocycles. The van der Waals surface area contributed by atoms with Crippen LogP contribution >= 0.6 is 0 Å². The summed E-state index contributed by atoms with van der Waals surface area (Å²) >= 11 is 0. The molecule has 0 radical (unpaired) electrons. The maximum absolute atomic E-state index is 2.39. The van der Waals surface area contributed by atoms with E-state index in [1.54, 1.807) is 5.69 Å². The van der Waals surface area contributed by atoms with Crippen molar-refractivity contribution in [2.24, 2.45) is 0 Å². The summed E-state index contributed by atoms with van der Waals surface area (Å²) in [7, 11) is 0. The van der Waals surface area contributed by atoms with Crippen molar-refractivity contribution in [2.45, 2.75) is 130 Å². The monoisotopic (exact) mass is 451 g/mol. The highest BCUT2D eigenvalue weighted by molar-refractivity contribution is 5.44. The molecule has 0 bridgehead atoms. The maximum Gasteiger partial charge on any atom is 0.132 e. The minimum Gasteiger partial charge on any atom is -1.00 e. The number of quaternary nitrogens is 1. The lowest BCUT2D eigenvalue weighted by Crippen LogP contribution is -3.00. The molecule has 0 unspecified atom stereocenters. The van der Waals surface area contributed by atoms with Gasteiger partial charge in [0.1, 0.15) is 5.69 Å².